The summed E-state index contributed by atoms with van der Waals surface area (Å²) in [6.45, 7) is 5.89. The van der Waals surface area contributed by atoms with Crippen LogP contribution in [0.4, 0.5) is 0 Å². The molecule has 132 valence electrons. The fourth-order valence-electron chi connectivity index (χ4n) is 2.85. The molecule has 6 heteroatoms. The predicted octanol–water partition coefficient (Wildman–Crippen LogP) is 6.66. The number of halogens is 3. The maximum absolute atomic E-state index is 12.5. The van der Waals surface area contributed by atoms with E-state index in [1.807, 2.05) is 32.9 Å². The molecule has 0 aromatic heterocycles. The van der Waals surface area contributed by atoms with Gasteiger partial charge in [0.25, 0.3) is 0 Å². The Labute approximate surface area is 164 Å². The molecule has 0 amide bonds. The average Bonchev–Trinajstić information content (AvgIpc) is 2.44. The maximum Gasteiger partial charge on any atom is 0.181 e. The quantitative estimate of drug-likeness (QED) is 0.390. The third kappa shape index (κ3) is 5.05. The highest BCUT2D eigenvalue weighted by atomic mass is 35.5. The first-order chi connectivity index (χ1) is 11.7. The van der Waals surface area contributed by atoms with Gasteiger partial charge in [-0.1, -0.05) is 52.5 Å². The molecule has 0 heterocycles. The lowest BCUT2D eigenvalue weighted by Gasteiger charge is -2.10. The van der Waals surface area contributed by atoms with Gasteiger partial charge in [-0.15, -0.1) is 0 Å². The normalized spacial score (nSPS) is 11.3. The van der Waals surface area contributed by atoms with E-state index in [2.05, 4.69) is 0 Å². The van der Waals surface area contributed by atoms with Crippen LogP contribution < -0.4 is 0 Å². The molecule has 0 N–H and O–H groups in total. The monoisotopic (exact) mass is 414 g/mol. The average molecular weight is 416 g/mol. The van der Waals surface area contributed by atoms with Crippen molar-refractivity contribution in [3.8, 4) is 0 Å². The molecule has 0 bridgehead atoms. The Morgan fingerprint density at radius 2 is 1.40 bits per heavy atom. The Morgan fingerprint density at radius 1 is 0.880 bits per heavy atom. The molecule has 0 aliphatic heterocycles. The molecule has 0 spiro atoms. The number of benzene rings is 2. The topological polar surface area (TPSA) is 34.1 Å². The minimum Gasteiger partial charge on any atom is -0.294 e. The van der Waals surface area contributed by atoms with Gasteiger partial charge < -0.3 is 0 Å². The zero-order valence-corrected chi connectivity index (χ0v) is 17.4. The fraction of sp³-hybridized carbons (Fsp3) is 0.263. The van der Waals surface area contributed by atoms with Gasteiger partial charge in [-0.3, -0.25) is 9.59 Å². The fourth-order valence-corrected chi connectivity index (χ4v) is 5.03. The van der Waals surface area contributed by atoms with Crippen molar-refractivity contribution in [3.05, 3.63) is 67.2 Å². The van der Waals surface area contributed by atoms with Crippen LogP contribution in [0.3, 0.4) is 0 Å². The molecule has 0 fully saturated rings. The Bertz CT molecular complexity index is 731. The summed E-state index contributed by atoms with van der Waals surface area (Å²) in [4.78, 5) is 24.9. The van der Waals surface area contributed by atoms with E-state index in [1.165, 1.54) is 12.1 Å². The van der Waals surface area contributed by atoms with Crippen LogP contribution in [0.25, 0.3) is 0 Å². The molecule has 0 saturated heterocycles. The first-order valence-electron chi connectivity index (χ1n) is 7.74. The number of carbonyl (C=O) groups excluding carboxylic acids is 2. The second-order valence-corrected chi connectivity index (χ2v) is 8.51. The lowest BCUT2D eigenvalue weighted by atomic mass is 10.0. The summed E-state index contributed by atoms with van der Waals surface area (Å²) in [7, 11) is 0.0300. The van der Waals surface area contributed by atoms with Crippen LogP contribution in [-0.2, 0) is 0 Å². The second-order valence-electron chi connectivity index (χ2n) is 5.95. The molecule has 2 aromatic carbocycles. The van der Waals surface area contributed by atoms with Crippen molar-refractivity contribution in [1.29, 1.82) is 0 Å². The van der Waals surface area contributed by atoms with Crippen molar-refractivity contribution in [2.75, 3.05) is 6.16 Å². The Kier molecular flexibility index (Phi) is 7.05. The van der Waals surface area contributed by atoms with E-state index >= 15 is 0 Å². The van der Waals surface area contributed by atoms with Crippen molar-refractivity contribution in [2.45, 2.75) is 27.2 Å². The van der Waals surface area contributed by atoms with E-state index in [0.717, 1.165) is 22.3 Å². The molecule has 2 aromatic rings. The van der Waals surface area contributed by atoms with E-state index in [1.54, 1.807) is 0 Å². The van der Waals surface area contributed by atoms with Crippen molar-refractivity contribution in [1.82, 2.24) is 0 Å². The molecule has 1 atom stereocenters. The number of carbonyl (C=O) groups is 2. The summed E-state index contributed by atoms with van der Waals surface area (Å²) in [5.74, 6) is -0.177. The number of ketones is 1. The Hall–Kier alpha value is -0.920. The molecule has 0 saturated carbocycles. The summed E-state index contributed by atoms with van der Waals surface area (Å²) >= 11 is 18.0. The summed E-state index contributed by atoms with van der Waals surface area (Å²) < 4.78 is 0. The summed E-state index contributed by atoms with van der Waals surface area (Å²) in [5.41, 5.74) is 4.20. The van der Waals surface area contributed by atoms with E-state index in [-0.39, 0.29) is 41.9 Å². The highest BCUT2D eigenvalue weighted by Gasteiger charge is 2.17. The minimum atomic E-state index is -0.177. The number of rotatable bonds is 6. The van der Waals surface area contributed by atoms with E-state index < -0.39 is 0 Å². The Morgan fingerprint density at radius 3 is 1.92 bits per heavy atom. The largest absolute Gasteiger partial charge is 0.294 e. The van der Waals surface area contributed by atoms with Crippen LogP contribution in [0, 0.1) is 20.8 Å². The van der Waals surface area contributed by atoms with Gasteiger partial charge in [0.05, 0.1) is 15.6 Å². The summed E-state index contributed by atoms with van der Waals surface area (Å²) in [5, 5.41) is 0.860. The van der Waals surface area contributed by atoms with Gasteiger partial charge in [-0.25, -0.2) is 0 Å². The smallest absolute Gasteiger partial charge is 0.181 e. The molecular weight excluding hydrogens is 398 g/mol. The zero-order valence-electron chi connectivity index (χ0n) is 14.2. The highest BCUT2D eigenvalue weighted by Crippen LogP contribution is 2.31. The van der Waals surface area contributed by atoms with Crippen molar-refractivity contribution >= 4 is 54.7 Å². The number of aryl methyl sites for hydroxylation is 3. The van der Waals surface area contributed by atoms with E-state index in [9.17, 15) is 9.59 Å². The van der Waals surface area contributed by atoms with Gasteiger partial charge in [0.15, 0.2) is 11.3 Å². The van der Waals surface area contributed by atoms with Crippen LogP contribution in [0.5, 0.6) is 0 Å². The Balaban J connectivity index is 2.04. The lowest BCUT2D eigenvalue weighted by Crippen LogP contribution is -2.05. The minimum absolute atomic E-state index is 0.0300. The van der Waals surface area contributed by atoms with Gasteiger partial charge in [-0.05, 0) is 58.8 Å². The van der Waals surface area contributed by atoms with Crippen LogP contribution in [-0.4, -0.2) is 17.5 Å². The SMILES string of the molecule is Cc1cc(C)c(C(=O)PCCC(=O)c2c(Cl)cc(Cl)cc2Cl)c(C)c1. The van der Waals surface area contributed by atoms with E-state index in [4.69, 9.17) is 34.8 Å². The molecule has 2 nitrogen and oxygen atoms in total. The predicted molar refractivity (Wildman–Crippen MR) is 109 cm³/mol. The molecule has 25 heavy (non-hydrogen) atoms. The molecular formula is C19H18Cl3O2P. The van der Waals surface area contributed by atoms with E-state index in [0.29, 0.717) is 11.2 Å². The van der Waals surface area contributed by atoms with Gasteiger partial charge in [0.2, 0.25) is 0 Å². The number of Topliss-reactive ketones (excluding diaryl/α,β-unsaturated/α-hetero) is 1. The van der Waals surface area contributed by atoms with Crippen LogP contribution in [0.15, 0.2) is 24.3 Å². The maximum atomic E-state index is 12.5. The molecule has 0 aliphatic rings. The van der Waals surface area contributed by atoms with Crippen LogP contribution in [0.1, 0.15) is 43.8 Å². The van der Waals surface area contributed by atoms with Crippen molar-refractivity contribution in [3.63, 3.8) is 0 Å². The van der Waals surface area contributed by atoms with Gasteiger partial charge >= 0.3 is 0 Å². The van der Waals surface area contributed by atoms with Gasteiger partial charge in [0, 0.05) is 17.0 Å². The van der Waals surface area contributed by atoms with Crippen molar-refractivity contribution in [2.24, 2.45) is 0 Å². The van der Waals surface area contributed by atoms with Gasteiger partial charge in [-0.2, -0.15) is 0 Å². The molecule has 0 aliphatic carbocycles. The molecule has 2 rings (SSSR count). The van der Waals surface area contributed by atoms with Crippen LogP contribution in [0.2, 0.25) is 15.1 Å². The standard InChI is InChI=1S/C19H18Cl3O2P/c1-10-6-11(2)17(12(3)7-10)19(24)25-5-4-16(23)18-14(21)8-13(20)9-15(18)22/h6-9,25H,4-5H2,1-3H3. The third-order valence-corrected chi connectivity index (χ3v) is 5.71. The molecule has 0 radical (unpaired) electrons. The second kappa shape index (κ2) is 8.64. The third-order valence-electron chi connectivity index (χ3n) is 3.83. The summed E-state index contributed by atoms with van der Waals surface area (Å²) in [6.07, 6.45) is 0.689. The zero-order chi connectivity index (χ0) is 18.7. The molecule has 1 unspecified atom stereocenters. The first-order valence-corrected chi connectivity index (χ1v) is 10.1. The number of hydrogen-bond donors (Lipinski definition) is 0. The summed E-state index contributed by atoms with van der Waals surface area (Å²) in [6, 6.07) is 7.00. The van der Waals surface area contributed by atoms with Gasteiger partial charge in [0.1, 0.15) is 0 Å². The highest BCUT2D eigenvalue weighted by molar-refractivity contribution is 7.58. The number of hydrogen-bond acceptors (Lipinski definition) is 2. The lowest BCUT2D eigenvalue weighted by molar-refractivity contribution is 0.0989. The van der Waals surface area contributed by atoms with Crippen LogP contribution >= 0.6 is 43.4 Å². The van der Waals surface area contributed by atoms with Crippen molar-refractivity contribution < 1.29 is 9.59 Å². The first kappa shape index (κ1) is 20.4.